The highest BCUT2D eigenvalue weighted by Crippen LogP contribution is 2.28. The van der Waals surface area contributed by atoms with Gasteiger partial charge >= 0.3 is 0 Å². The summed E-state index contributed by atoms with van der Waals surface area (Å²) in [4.78, 5) is 38.5. The number of aryl methyl sites for hydroxylation is 1. The number of anilines is 2. The third kappa shape index (κ3) is 3.30. The molecular weight excluding hydrogens is 352 g/mol. The fourth-order valence-electron chi connectivity index (χ4n) is 3.30. The minimum Gasteiger partial charge on any atom is -0.326 e. The first-order valence-corrected chi connectivity index (χ1v) is 8.96. The number of carbonyl (C=O) groups excluding carboxylic acids is 3. The van der Waals surface area contributed by atoms with Gasteiger partial charge in [-0.3, -0.25) is 14.4 Å². The molecule has 1 aliphatic heterocycles. The Morgan fingerprint density at radius 1 is 0.857 bits per heavy atom. The van der Waals surface area contributed by atoms with E-state index in [4.69, 9.17) is 0 Å². The van der Waals surface area contributed by atoms with E-state index < -0.39 is 0 Å². The molecule has 1 N–H and O–H groups in total. The quantitative estimate of drug-likeness (QED) is 0.707. The molecule has 0 fully saturated rings. The van der Waals surface area contributed by atoms with Crippen LogP contribution in [0.5, 0.6) is 0 Å². The Hall–Kier alpha value is -3.73. The molecule has 4 rings (SSSR count). The summed E-state index contributed by atoms with van der Waals surface area (Å²) in [6.45, 7) is 1.97. The Bertz CT molecular complexity index is 1050. The lowest BCUT2D eigenvalue weighted by Crippen LogP contribution is -2.29. The molecule has 5 heteroatoms. The Balaban J connectivity index is 1.47. The lowest BCUT2D eigenvalue weighted by molar-refractivity contribution is -0.115. The third-order valence-corrected chi connectivity index (χ3v) is 4.66. The summed E-state index contributed by atoms with van der Waals surface area (Å²) in [6.07, 6.45) is 0.205. The van der Waals surface area contributed by atoms with Crippen molar-refractivity contribution in [3.63, 3.8) is 0 Å². The number of amides is 3. The number of hydrogen-bond acceptors (Lipinski definition) is 3. The first kappa shape index (κ1) is 17.7. The third-order valence-electron chi connectivity index (χ3n) is 4.66. The molecule has 0 radical (unpaired) electrons. The number of rotatable bonds is 4. The smallest absolute Gasteiger partial charge is 0.266 e. The molecule has 3 aromatic carbocycles. The van der Waals surface area contributed by atoms with E-state index in [2.05, 4.69) is 5.32 Å². The Morgan fingerprint density at radius 3 is 2.11 bits per heavy atom. The molecule has 1 heterocycles. The zero-order chi connectivity index (χ0) is 19.7. The second-order valence-corrected chi connectivity index (χ2v) is 6.75. The predicted molar refractivity (Wildman–Crippen MR) is 108 cm³/mol. The van der Waals surface area contributed by atoms with Crippen molar-refractivity contribution >= 4 is 29.1 Å². The predicted octanol–water partition coefficient (Wildman–Crippen LogP) is 3.98. The molecule has 138 valence electrons. The summed E-state index contributed by atoms with van der Waals surface area (Å²) in [6, 6.07) is 21.3. The molecule has 3 aromatic rings. The standard InChI is InChI=1S/C23H18N2O3/c1-15-5-4-6-17(13-15)24-21(26)14-16-9-11-18(12-10-16)25-22(27)19-7-2-3-8-20(19)23(25)28/h2-13H,14H2,1H3,(H,24,26). The highest BCUT2D eigenvalue weighted by atomic mass is 16.2. The molecule has 0 saturated heterocycles. The van der Waals surface area contributed by atoms with Crippen LogP contribution in [-0.2, 0) is 11.2 Å². The molecule has 28 heavy (non-hydrogen) atoms. The van der Waals surface area contributed by atoms with Crippen molar-refractivity contribution in [2.45, 2.75) is 13.3 Å². The summed E-state index contributed by atoms with van der Waals surface area (Å²) in [7, 11) is 0. The van der Waals surface area contributed by atoms with Crippen molar-refractivity contribution < 1.29 is 14.4 Å². The summed E-state index contributed by atoms with van der Waals surface area (Å²) < 4.78 is 0. The van der Waals surface area contributed by atoms with Gasteiger partial charge in [-0.15, -0.1) is 0 Å². The van der Waals surface area contributed by atoms with Gasteiger partial charge in [-0.1, -0.05) is 36.4 Å². The van der Waals surface area contributed by atoms with Gasteiger partial charge in [0.2, 0.25) is 5.91 Å². The second kappa shape index (κ2) is 7.12. The van der Waals surface area contributed by atoms with Gasteiger partial charge in [0.1, 0.15) is 0 Å². The second-order valence-electron chi connectivity index (χ2n) is 6.75. The fraction of sp³-hybridized carbons (Fsp3) is 0.0870. The van der Waals surface area contributed by atoms with Gasteiger partial charge in [0, 0.05) is 5.69 Å². The monoisotopic (exact) mass is 370 g/mol. The lowest BCUT2D eigenvalue weighted by atomic mass is 10.1. The number of fused-ring (bicyclic) bond motifs is 1. The maximum Gasteiger partial charge on any atom is 0.266 e. The SMILES string of the molecule is Cc1cccc(NC(=O)Cc2ccc(N3C(=O)c4ccccc4C3=O)cc2)c1. The summed E-state index contributed by atoms with van der Waals surface area (Å²) in [5, 5.41) is 2.87. The van der Waals surface area contributed by atoms with Crippen LogP contribution in [0.15, 0.2) is 72.8 Å². The van der Waals surface area contributed by atoms with Crippen molar-refractivity contribution in [2.24, 2.45) is 0 Å². The van der Waals surface area contributed by atoms with Crippen LogP contribution in [0, 0.1) is 6.92 Å². The number of hydrogen-bond donors (Lipinski definition) is 1. The van der Waals surface area contributed by atoms with Crippen LogP contribution < -0.4 is 10.2 Å². The molecule has 1 aliphatic rings. The van der Waals surface area contributed by atoms with E-state index in [1.54, 1.807) is 48.5 Å². The normalized spacial score (nSPS) is 12.8. The van der Waals surface area contributed by atoms with E-state index in [1.165, 1.54) is 4.90 Å². The van der Waals surface area contributed by atoms with E-state index in [0.29, 0.717) is 16.8 Å². The fourth-order valence-corrected chi connectivity index (χ4v) is 3.30. The van der Waals surface area contributed by atoms with Crippen LogP contribution in [0.1, 0.15) is 31.8 Å². The van der Waals surface area contributed by atoms with Crippen LogP contribution in [0.2, 0.25) is 0 Å². The van der Waals surface area contributed by atoms with Crippen molar-refractivity contribution in [1.29, 1.82) is 0 Å². The first-order chi connectivity index (χ1) is 13.5. The van der Waals surface area contributed by atoms with Gasteiger partial charge in [0.15, 0.2) is 0 Å². The Morgan fingerprint density at radius 2 is 1.50 bits per heavy atom. The highest BCUT2D eigenvalue weighted by molar-refractivity contribution is 6.34. The topological polar surface area (TPSA) is 66.5 Å². The number of imide groups is 1. The summed E-state index contributed by atoms with van der Waals surface area (Å²) >= 11 is 0. The van der Waals surface area contributed by atoms with Gasteiger partial charge in [-0.2, -0.15) is 0 Å². The van der Waals surface area contributed by atoms with Gasteiger partial charge in [0.05, 0.1) is 23.2 Å². The average molecular weight is 370 g/mol. The number of nitrogens with zero attached hydrogens (tertiary/aromatic N) is 1. The molecular formula is C23H18N2O3. The highest BCUT2D eigenvalue weighted by Gasteiger charge is 2.36. The van der Waals surface area contributed by atoms with E-state index in [9.17, 15) is 14.4 Å². The summed E-state index contributed by atoms with van der Waals surface area (Å²) in [5.74, 6) is -0.782. The molecule has 0 aromatic heterocycles. The zero-order valence-corrected chi connectivity index (χ0v) is 15.3. The molecule has 0 atom stereocenters. The van der Waals surface area contributed by atoms with E-state index in [-0.39, 0.29) is 24.1 Å². The molecule has 0 unspecified atom stereocenters. The molecule has 0 saturated carbocycles. The maximum absolute atomic E-state index is 12.5. The zero-order valence-electron chi connectivity index (χ0n) is 15.3. The van der Waals surface area contributed by atoms with Crippen LogP contribution in [0.25, 0.3) is 0 Å². The molecule has 0 spiro atoms. The van der Waals surface area contributed by atoms with Crippen molar-refractivity contribution in [3.8, 4) is 0 Å². The number of carbonyl (C=O) groups is 3. The van der Waals surface area contributed by atoms with Gasteiger partial charge in [0.25, 0.3) is 11.8 Å². The van der Waals surface area contributed by atoms with E-state index >= 15 is 0 Å². The van der Waals surface area contributed by atoms with Gasteiger partial charge in [-0.25, -0.2) is 4.90 Å². The van der Waals surface area contributed by atoms with Crippen molar-refractivity contribution in [2.75, 3.05) is 10.2 Å². The molecule has 0 bridgehead atoms. The average Bonchev–Trinajstić information content (AvgIpc) is 2.93. The minimum atomic E-state index is -0.328. The minimum absolute atomic E-state index is 0.126. The molecule has 3 amide bonds. The lowest BCUT2D eigenvalue weighted by Gasteiger charge is -2.14. The molecule has 0 aliphatic carbocycles. The van der Waals surface area contributed by atoms with Crippen LogP contribution >= 0.6 is 0 Å². The van der Waals surface area contributed by atoms with Crippen molar-refractivity contribution in [3.05, 3.63) is 95.1 Å². The Labute approximate surface area is 162 Å². The number of nitrogens with one attached hydrogen (secondary N) is 1. The summed E-state index contributed by atoms with van der Waals surface area (Å²) in [5.41, 5.74) is 3.94. The van der Waals surface area contributed by atoms with Crippen LogP contribution in [0.4, 0.5) is 11.4 Å². The van der Waals surface area contributed by atoms with Gasteiger partial charge < -0.3 is 5.32 Å². The van der Waals surface area contributed by atoms with E-state index in [1.807, 2.05) is 31.2 Å². The van der Waals surface area contributed by atoms with Crippen LogP contribution in [-0.4, -0.2) is 17.7 Å². The largest absolute Gasteiger partial charge is 0.326 e. The Kier molecular flexibility index (Phi) is 4.49. The van der Waals surface area contributed by atoms with Crippen molar-refractivity contribution in [1.82, 2.24) is 0 Å². The number of benzene rings is 3. The van der Waals surface area contributed by atoms with E-state index in [0.717, 1.165) is 16.8 Å². The van der Waals surface area contributed by atoms with Crippen LogP contribution in [0.3, 0.4) is 0 Å². The first-order valence-electron chi connectivity index (χ1n) is 8.96. The molecule has 5 nitrogen and oxygen atoms in total. The maximum atomic E-state index is 12.5. The van der Waals surface area contributed by atoms with Gasteiger partial charge in [-0.05, 0) is 54.4 Å².